The lowest BCUT2D eigenvalue weighted by Crippen LogP contribution is -2.18. The first-order valence-electron chi connectivity index (χ1n) is 8.81. The molecule has 0 amide bonds. The smallest absolute Gasteiger partial charge is 0.337 e. The molecule has 2 heterocycles. The molecule has 6 heteroatoms. The fourth-order valence-electron chi connectivity index (χ4n) is 3.14. The lowest BCUT2D eigenvalue weighted by atomic mass is 9.90. The molecule has 0 radical (unpaired) electrons. The Morgan fingerprint density at radius 2 is 2.12 bits per heavy atom. The molecule has 0 aliphatic heterocycles. The molecule has 0 spiro atoms. The Bertz CT molecular complexity index is 926. The van der Waals surface area contributed by atoms with Gasteiger partial charge in [-0.1, -0.05) is 38.0 Å². The summed E-state index contributed by atoms with van der Waals surface area (Å²) in [7, 11) is 0. The standard InChI is InChI=1S/C19H22N2O4/c1-3-14-11-15(22)25-18-16(14)17(23)20-19(21-18)24-12(2)9-10-13-7-5-4-6-8-13/h11-13H,3-8H2,1-2H3,(H,20,21,23). The summed E-state index contributed by atoms with van der Waals surface area (Å²) >= 11 is 0. The minimum atomic E-state index is -0.529. The van der Waals surface area contributed by atoms with Crippen LogP contribution in [-0.2, 0) is 6.42 Å². The maximum atomic E-state index is 12.3. The minimum absolute atomic E-state index is 0.00413. The molecule has 1 atom stereocenters. The number of aromatic amines is 1. The van der Waals surface area contributed by atoms with E-state index in [-0.39, 0.29) is 22.7 Å². The third kappa shape index (κ3) is 4.11. The summed E-state index contributed by atoms with van der Waals surface area (Å²) in [4.78, 5) is 30.6. The summed E-state index contributed by atoms with van der Waals surface area (Å²) in [5, 5.41) is 0.287. The van der Waals surface area contributed by atoms with Gasteiger partial charge in [0.1, 0.15) is 5.39 Å². The van der Waals surface area contributed by atoms with Gasteiger partial charge < -0.3 is 9.15 Å². The predicted octanol–water partition coefficient (Wildman–Crippen LogP) is 2.79. The second-order valence-electron chi connectivity index (χ2n) is 6.38. The van der Waals surface area contributed by atoms with Crippen LogP contribution in [0.25, 0.3) is 11.1 Å². The molecular weight excluding hydrogens is 320 g/mol. The number of nitrogens with one attached hydrogen (secondary N) is 1. The minimum Gasteiger partial charge on any atom is -0.448 e. The number of nitrogens with zero attached hydrogens (tertiary/aromatic N) is 1. The summed E-state index contributed by atoms with van der Waals surface area (Å²) in [6.45, 7) is 3.67. The van der Waals surface area contributed by atoms with Crippen molar-refractivity contribution in [1.29, 1.82) is 0 Å². The fourth-order valence-corrected chi connectivity index (χ4v) is 3.14. The van der Waals surface area contributed by atoms with Crippen molar-refractivity contribution in [3.63, 3.8) is 0 Å². The van der Waals surface area contributed by atoms with Crippen LogP contribution in [0.2, 0.25) is 0 Å². The number of aryl methyl sites for hydroxylation is 1. The maximum Gasteiger partial charge on any atom is 0.337 e. The second-order valence-corrected chi connectivity index (χ2v) is 6.38. The van der Waals surface area contributed by atoms with Crippen molar-refractivity contribution in [3.05, 3.63) is 32.4 Å². The summed E-state index contributed by atoms with van der Waals surface area (Å²) in [5.41, 5.74) is -0.307. The summed E-state index contributed by atoms with van der Waals surface area (Å²) in [6, 6.07) is 1.33. The molecule has 132 valence electrons. The molecule has 1 N–H and O–H groups in total. The Labute approximate surface area is 145 Å². The number of H-pyrrole nitrogens is 1. The highest BCUT2D eigenvalue weighted by molar-refractivity contribution is 5.75. The number of ether oxygens (including phenoxy) is 1. The van der Waals surface area contributed by atoms with Crippen molar-refractivity contribution in [1.82, 2.24) is 9.97 Å². The zero-order valence-corrected chi connectivity index (χ0v) is 14.6. The molecule has 0 aromatic carbocycles. The van der Waals surface area contributed by atoms with Gasteiger partial charge in [0.2, 0.25) is 5.71 Å². The molecule has 1 aliphatic carbocycles. The van der Waals surface area contributed by atoms with Crippen LogP contribution in [0, 0.1) is 17.8 Å². The largest absolute Gasteiger partial charge is 0.448 e. The Morgan fingerprint density at radius 1 is 1.36 bits per heavy atom. The Balaban J connectivity index is 1.83. The third-order valence-corrected chi connectivity index (χ3v) is 4.44. The topological polar surface area (TPSA) is 85.2 Å². The van der Waals surface area contributed by atoms with E-state index in [2.05, 4.69) is 21.8 Å². The van der Waals surface area contributed by atoms with Crippen LogP contribution < -0.4 is 15.9 Å². The first-order chi connectivity index (χ1) is 12.1. The number of hydrogen-bond donors (Lipinski definition) is 1. The van der Waals surface area contributed by atoms with Gasteiger partial charge in [-0.05, 0) is 31.7 Å². The Kier molecular flexibility index (Phi) is 5.22. The van der Waals surface area contributed by atoms with E-state index < -0.39 is 11.7 Å². The zero-order valence-electron chi connectivity index (χ0n) is 14.6. The van der Waals surface area contributed by atoms with E-state index >= 15 is 0 Å². The molecule has 2 aromatic rings. The highest BCUT2D eigenvalue weighted by Gasteiger charge is 2.14. The summed E-state index contributed by atoms with van der Waals surface area (Å²) in [5.74, 6) is 6.75. The van der Waals surface area contributed by atoms with Crippen LogP contribution in [0.3, 0.4) is 0 Å². The molecule has 0 bridgehead atoms. The van der Waals surface area contributed by atoms with Gasteiger partial charge in [0.15, 0.2) is 6.10 Å². The van der Waals surface area contributed by atoms with Gasteiger partial charge in [-0.25, -0.2) is 4.79 Å². The van der Waals surface area contributed by atoms with E-state index in [1.807, 2.05) is 6.92 Å². The van der Waals surface area contributed by atoms with Gasteiger partial charge in [-0.15, -0.1) is 0 Å². The number of aromatic nitrogens is 2. The zero-order chi connectivity index (χ0) is 17.8. The molecule has 1 saturated carbocycles. The molecule has 0 saturated heterocycles. The summed E-state index contributed by atoms with van der Waals surface area (Å²) in [6.07, 6.45) is 6.14. The van der Waals surface area contributed by atoms with Crippen LogP contribution in [0.5, 0.6) is 6.01 Å². The van der Waals surface area contributed by atoms with Crippen LogP contribution in [0.1, 0.15) is 51.5 Å². The van der Waals surface area contributed by atoms with Gasteiger partial charge in [0, 0.05) is 12.0 Å². The molecule has 1 aliphatic rings. The lowest BCUT2D eigenvalue weighted by Gasteiger charge is -2.16. The predicted molar refractivity (Wildman–Crippen MR) is 94.7 cm³/mol. The van der Waals surface area contributed by atoms with E-state index in [1.165, 1.54) is 25.3 Å². The number of rotatable bonds is 3. The SMILES string of the molecule is CCc1cc(=O)oc2nc(OC(C)C#CC3CCCCC3)[nH]c(=O)c12. The fraction of sp³-hybridized carbons (Fsp3) is 0.526. The van der Waals surface area contributed by atoms with E-state index in [1.54, 1.807) is 6.92 Å². The van der Waals surface area contributed by atoms with Crippen molar-refractivity contribution >= 4 is 11.1 Å². The van der Waals surface area contributed by atoms with Gasteiger partial charge >= 0.3 is 11.6 Å². The van der Waals surface area contributed by atoms with Crippen molar-refractivity contribution in [2.75, 3.05) is 0 Å². The van der Waals surface area contributed by atoms with Gasteiger partial charge in [0.25, 0.3) is 5.56 Å². The van der Waals surface area contributed by atoms with Crippen molar-refractivity contribution in [3.8, 4) is 17.9 Å². The quantitative estimate of drug-likeness (QED) is 0.867. The van der Waals surface area contributed by atoms with Crippen LogP contribution in [-0.4, -0.2) is 16.1 Å². The Hall–Kier alpha value is -2.55. The average Bonchev–Trinajstić information content (AvgIpc) is 2.59. The molecule has 1 unspecified atom stereocenters. The van der Waals surface area contributed by atoms with Crippen LogP contribution in [0.4, 0.5) is 0 Å². The van der Waals surface area contributed by atoms with E-state index in [0.29, 0.717) is 17.9 Å². The van der Waals surface area contributed by atoms with Gasteiger partial charge in [0.05, 0.1) is 0 Å². The van der Waals surface area contributed by atoms with E-state index in [4.69, 9.17) is 9.15 Å². The highest BCUT2D eigenvalue weighted by atomic mass is 16.5. The maximum absolute atomic E-state index is 12.3. The first kappa shape index (κ1) is 17.3. The second kappa shape index (κ2) is 7.56. The molecule has 3 rings (SSSR count). The first-order valence-corrected chi connectivity index (χ1v) is 8.81. The monoisotopic (exact) mass is 342 g/mol. The van der Waals surface area contributed by atoms with E-state index in [0.717, 1.165) is 12.8 Å². The number of fused-ring (bicyclic) bond motifs is 1. The van der Waals surface area contributed by atoms with Crippen molar-refractivity contribution < 1.29 is 9.15 Å². The summed E-state index contributed by atoms with van der Waals surface area (Å²) < 4.78 is 10.7. The molecule has 2 aromatic heterocycles. The third-order valence-electron chi connectivity index (χ3n) is 4.44. The molecular formula is C19H22N2O4. The van der Waals surface area contributed by atoms with Gasteiger partial charge in [-0.3, -0.25) is 9.78 Å². The van der Waals surface area contributed by atoms with E-state index in [9.17, 15) is 9.59 Å². The Morgan fingerprint density at radius 3 is 2.84 bits per heavy atom. The molecule has 1 fully saturated rings. The van der Waals surface area contributed by atoms with Crippen LogP contribution in [0.15, 0.2) is 20.1 Å². The lowest BCUT2D eigenvalue weighted by molar-refractivity contribution is 0.254. The normalized spacial score (nSPS) is 16.2. The molecule has 6 nitrogen and oxygen atoms in total. The van der Waals surface area contributed by atoms with Gasteiger partial charge in [-0.2, -0.15) is 4.98 Å². The average molecular weight is 342 g/mol. The number of hydrogen-bond acceptors (Lipinski definition) is 5. The molecule has 25 heavy (non-hydrogen) atoms. The highest BCUT2D eigenvalue weighted by Crippen LogP contribution is 2.22. The van der Waals surface area contributed by atoms with Crippen molar-refractivity contribution in [2.24, 2.45) is 5.92 Å². The van der Waals surface area contributed by atoms with Crippen molar-refractivity contribution in [2.45, 2.75) is 58.5 Å². The van der Waals surface area contributed by atoms with Crippen LogP contribution >= 0.6 is 0 Å².